The predicted octanol–water partition coefficient (Wildman–Crippen LogP) is 2.37. The third kappa shape index (κ3) is 2.36. The monoisotopic (exact) mass is 221 g/mol. The number of nitrogens with zero attached hydrogens (tertiary/aromatic N) is 3. The van der Waals surface area contributed by atoms with Crippen LogP contribution in [0.1, 0.15) is 16.8 Å². The molecule has 0 amide bonds. The number of alkyl halides is 1. The van der Waals surface area contributed by atoms with Gasteiger partial charge in [-0.15, -0.1) is 11.6 Å². The topological polar surface area (TPSA) is 30.7 Å². The first-order valence-electron chi connectivity index (χ1n) is 4.75. The Morgan fingerprint density at radius 1 is 1.47 bits per heavy atom. The average molecular weight is 222 g/mol. The molecule has 2 heterocycles. The number of aromatic nitrogens is 3. The molecule has 3 nitrogen and oxygen atoms in total. The Kier molecular flexibility index (Phi) is 3.02. The fraction of sp³-hybridized carbons (Fsp3) is 0.273. The molecule has 0 atom stereocenters. The summed E-state index contributed by atoms with van der Waals surface area (Å²) in [6, 6.07) is 2.02. The Bertz CT molecular complexity index is 451. The molecule has 4 heteroatoms. The van der Waals surface area contributed by atoms with E-state index in [1.165, 1.54) is 11.1 Å². The van der Waals surface area contributed by atoms with Crippen LogP contribution in [0, 0.1) is 6.92 Å². The van der Waals surface area contributed by atoms with E-state index in [1.54, 1.807) is 6.33 Å². The van der Waals surface area contributed by atoms with Crippen LogP contribution < -0.4 is 0 Å². The Morgan fingerprint density at radius 2 is 2.33 bits per heavy atom. The summed E-state index contributed by atoms with van der Waals surface area (Å²) in [4.78, 5) is 8.24. The zero-order chi connectivity index (χ0) is 10.7. The predicted molar refractivity (Wildman–Crippen MR) is 59.9 cm³/mol. The zero-order valence-corrected chi connectivity index (χ0v) is 9.28. The maximum atomic E-state index is 5.69. The normalized spacial score (nSPS) is 10.5. The second-order valence-corrected chi connectivity index (χ2v) is 3.74. The minimum Gasteiger partial charge on any atom is -0.333 e. The van der Waals surface area contributed by atoms with E-state index in [1.807, 2.05) is 29.2 Å². The second-order valence-electron chi connectivity index (χ2n) is 3.47. The molecule has 0 saturated carbocycles. The van der Waals surface area contributed by atoms with Gasteiger partial charge in [0.2, 0.25) is 0 Å². The van der Waals surface area contributed by atoms with Gasteiger partial charge >= 0.3 is 0 Å². The molecule has 0 bridgehead atoms. The van der Waals surface area contributed by atoms with E-state index in [-0.39, 0.29) is 0 Å². The van der Waals surface area contributed by atoms with Crippen LogP contribution in [0.4, 0.5) is 0 Å². The molecular weight excluding hydrogens is 210 g/mol. The maximum Gasteiger partial charge on any atom is 0.0953 e. The van der Waals surface area contributed by atoms with Gasteiger partial charge in [-0.1, -0.05) is 0 Å². The Hall–Kier alpha value is -1.35. The maximum absolute atomic E-state index is 5.69. The lowest BCUT2D eigenvalue weighted by atomic mass is 10.1. The van der Waals surface area contributed by atoms with Crippen LogP contribution in [0.3, 0.4) is 0 Å². The Morgan fingerprint density at radius 3 is 3.00 bits per heavy atom. The highest BCUT2D eigenvalue weighted by Gasteiger charge is 2.00. The Labute approximate surface area is 93.7 Å². The van der Waals surface area contributed by atoms with Crippen LogP contribution >= 0.6 is 11.6 Å². The van der Waals surface area contributed by atoms with E-state index < -0.39 is 0 Å². The first-order valence-corrected chi connectivity index (χ1v) is 5.29. The molecule has 0 spiro atoms. The smallest absolute Gasteiger partial charge is 0.0953 e. The molecule has 2 aromatic rings. The van der Waals surface area contributed by atoms with E-state index in [2.05, 4.69) is 16.9 Å². The number of hydrogen-bond acceptors (Lipinski definition) is 2. The molecule has 0 radical (unpaired) electrons. The fourth-order valence-corrected chi connectivity index (χ4v) is 1.58. The van der Waals surface area contributed by atoms with Gasteiger partial charge in [-0.2, -0.15) is 0 Å². The van der Waals surface area contributed by atoms with Crippen molar-refractivity contribution in [3.05, 3.63) is 47.8 Å². The van der Waals surface area contributed by atoms with Crippen LogP contribution in [0.25, 0.3) is 0 Å². The van der Waals surface area contributed by atoms with Crippen molar-refractivity contribution in [1.82, 2.24) is 14.5 Å². The lowest BCUT2D eigenvalue weighted by molar-refractivity contribution is 0.789. The van der Waals surface area contributed by atoms with E-state index in [0.717, 1.165) is 12.2 Å². The second kappa shape index (κ2) is 4.45. The lowest BCUT2D eigenvalue weighted by Gasteiger charge is -2.04. The third-order valence-corrected chi connectivity index (χ3v) is 2.59. The van der Waals surface area contributed by atoms with Crippen molar-refractivity contribution in [3.63, 3.8) is 0 Å². The SMILES string of the molecule is Cc1cnccc1Cn1cnc(CCl)c1. The van der Waals surface area contributed by atoms with Gasteiger partial charge < -0.3 is 4.57 Å². The molecule has 0 aromatic carbocycles. The standard InChI is InChI=1S/C11H12ClN3/c1-9-5-13-3-2-10(9)6-15-7-11(4-12)14-8-15/h2-3,5,7-8H,4,6H2,1H3. The van der Waals surface area contributed by atoms with Crippen LogP contribution in [0.5, 0.6) is 0 Å². The minimum absolute atomic E-state index is 0.461. The average Bonchev–Trinajstić information content (AvgIpc) is 2.69. The van der Waals surface area contributed by atoms with Gasteiger partial charge in [0.1, 0.15) is 0 Å². The van der Waals surface area contributed by atoms with Crippen molar-refractivity contribution >= 4 is 11.6 Å². The molecule has 0 fully saturated rings. The highest BCUT2D eigenvalue weighted by molar-refractivity contribution is 6.16. The molecule has 2 aromatic heterocycles. The number of aryl methyl sites for hydroxylation is 1. The first-order chi connectivity index (χ1) is 7.29. The van der Waals surface area contributed by atoms with Crippen LogP contribution in [-0.2, 0) is 12.4 Å². The minimum atomic E-state index is 0.461. The molecule has 2 rings (SSSR count). The highest BCUT2D eigenvalue weighted by atomic mass is 35.5. The number of rotatable bonds is 3. The third-order valence-electron chi connectivity index (χ3n) is 2.31. The molecule has 0 saturated heterocycles. The first kappa shape index (κ1) is 10.2. The summed E-state index contributed by atoms with van der Waals surface area (Å²) in [6.07, 6.45) is 7.45. The number of pyridine rings is 1. The summed E-state index contributed by atoms with van der Waals surface area (Å²) >= 11 is 5.69. The van der Waals surface area contributed by atoms with Crippen molar-refractivity contribution < 1.29 is 0 Å². The van der Waals surface area contributed by atoms with Gasteiger partial charge in [-0.3, -0.25) is 4.98 Å². The van der Waals surface area contributed by atoms with Gasteiger partial charge in [0.15, 0.2) is 0 Å². The summed E-state index contributed by atoms with van der Waals surface area (Å²) in [5, 5.41) is 0. The summed E-state index contributed by atoms with van der Waals surface area (Å²) in [6.45, 7) is 2.87. The number of imidazole rings is 1. The summed E-state index contributed by atoms with van der Waals surface area (Å²) in [7, 11) is 0. The quantitative estimate of drug-likeness (QED) is 0.746. The van der Waals surface area contributed by atoms with E-state index in [4.69, 9.17) is 11.6 Å². The van der Waals surface area contributed by atoms with Crippen molar-refractivity contribution in [2.45, 2.75) is 19.3 Å². The van der Waals surface area contributed by atoms with Gasteiger partial charge in [0.25, 0.3) is 0 Å². The highest BCUT2D eigenvalue weighted by Crippen LogP contribution is 2.08. The summed E-state index contributed by atoms with van der Waals surface area (Å²) in [5.41, 5.74) is 3.35. The van der Waals surface area contributed by atoms with Gasteiger partial charge in [0, 0.05) is 25.1 Å². The Balaban J connectivity index is 2.18. The molecule has 78 valence electrons. The number of halogens is 1. The molecular formula is C11H12ClN3. The molecule has 15 heavy (non-hydrogen) atoms. The van der Waals surface area contributed by atoms with Crippen molar-refractivity contribution in [3.8, 4) is 0 Å². The van der Waals surface area contributed by atoms with Crippen LogP contribution in [-0.4, -0.2) is 14.5 Å². The molecule has 0 aliphatic carbocycles. The van der Waals surface area contributed by atoms with Crippen molar-refractivity contribution in [2.75, 3.05) is 0 Å². The van der Waals surface area contributed by atoms with E-state index >= 15 is 0 Å². The van der Waals surface area contributed by atoms with Crippen molar-refractivity contribution in [2.24, 2.45) is 0 Å². The lowest BCUT2D eigenvalue weighted by Crippen LogP contribution is -1.99. The largest absolute Gasteiger partial charge is 0.333 e. The van der Waals surface area contributed by atoms with Crippen LogP contribution in [0.15, 0.2) is 31.0 Å². The molecule has 0 N–H and O–H groups in total. The summed E-state index contributed by atoms with van der Waals surface area (Å²) in [5.74, 6) is 0.461. The van der Waals surface area contributed by atoms with Gasteiger partial charge in [-0.05, 0) is 24.1 Å². The van der Waals surface area contributed by atoms with Crippen LogP contribution in [0.2, 0.25) is 0 Å². The fourth-order valence-electron chi connectivity index (χ4n) is 1.44. The van der Waals surface area contributed by atoms with Gasteiger partial charge in [-0.25, -0.2) is 4.98 Å². The zero-order valence-electron chi connectivity index (χ0n) is 8.52. The van der Waals surface area contributed by atoms with Crippen molar-refractivity contribution in [1.29, 1.82) is 0 Å². The molecule has 0 unspecified atom stereocenters. The number of hydrogen-bond donors (Lipinski definition) is 0. The van der Waals surface area contributed by atoms with E-state index in [0.29, 0.717) is 5.88 Å². The summed E-state index contributed by atoms with van der Waals surface area (Å²) < 4.78 is 2.03. The van der Waals surface area contributed by atoms with E-state index in [9.17, 15) is 0 Å². The molecule has 0 aliphatic rings. The molecule has 0 aliphatic heterocycles. The van der Waals surface area contributed by atoms with Gasteiger partial charge in [0.05, 0.1) is 17.9 Å².